The Balaban J connectivity index is 1.51. The molecule has 0 radical (unpaired) electrons. The van der Waals surface area contributed by atoms with E-state index < -0.39 is 23.5 Å². The quantitative estimate of drug-likeness (QED) is 0.326. The molecule has 0 atom stereocenters. The van der Waals surface area contributed by atoms with Gasteiger partial charge in [-0.15, -0.1) is 10.2 Å². The van der Waals surface area contributed by atoms with Gasteiger partial charge < -0.3 is 0 Å². The summed E-state index contributed by atoms with van der Waals surface area (Å²) < 4.78 is 79.7. The van der Waals surface area contributed by atoms with Crippen LogP contribution < -0.4 is 0 Å². The molecule has 0 bridgehead atoms. The van der Waals surface area contributed by atoms with Crippen molar-refractivity contribution in [3.63, 3.8) is 0 Å². The minimum atomic E-state index is -4.93. The van der Waals surface area contributed by atoms with Crippen LogP contribution in [0.15, 0.2) is 55.0 Å². The van der Waals surface area contributed by atoms with Gasteiger partial charge in [0.05, 0.1) is 23.9 Å². The van der Waals surface area contributed by atoms with Crippen molar-refractivity contribution in [1.29, 1.82) is 0 Å². The second-order valence-corrected chi connectivity index (χ2v) is 7.84. The average Bonchev–Trinajstić information content (AvgIpc) is 3.41. The summed E-state index contributed by atoms with van der Waals surface area (Å²) in [4.78, 5) is 4.19. The van der Waals surface area contributed by atoms with Gasteiger partial charge in [0.2, 0.25) is 0 Å². The predicted molar refractivity (Wildman–Crippen MR) is 110 cm³/mol. The van der Waals surface area contributed by atoms with Crippen LogP contribution in [0.25, 0.3) is 22.9 Å². The van der Waals surface area contributed by atoms with E-state index in [-0.39, 0.29) is 18.2 Å². The number of alkyl halides is 6. The lowest BCUT2D eigenvalue weighted by atomic mass is 10.0. The van der Waals surface area contributed by atoms with Crippen LogP contribution in [0.3, 0.4) is 0 Å². The Morgan fingerprint density at radius 1 is 0.939 bits per heavy atom. The minimum Gasteiger partial charge on any atom is -0.268 e. The number of pyridine rings is 1. The zero-order valence-corrected chi connectivity index (χ0v) is 17.3. The number of aromatic nitrogens is 5. The number of nitrogens with zero attached hydrogens (tertiary/aromatic N) is 5. The molecular weight excluding hydrogens is 468 g/mol. The molecule has 0 aliphatic carbocycles. The van der Waals surface area contributed by atoms with E-state index in [0.717, 1.165) is 6.07 Å². The summed E-state index contributed by atoms with van der Waals surface area (Å²) >= 11 is 1.31. The first-order chi connectivity index (χ1) is 15.6. The normalized spacial score (nSPS) is 12.5. The highest BCUT2D eigenvalue weighted by molar-refractivity contribution is 7.15. The Bertz CT molecular complexity index is 1270. The number of halogens is 6. The number of hydrogen-bond donors (Lipinski definition) is 0. The van der Waals surface area contributed by atoms with Crippen molar-refractivity contribution >= 4 is 23.5 Å². The van der Waals surface area contributed by atoms with E-state index in [2.05, 4.69) is 20.3 Å². The van der Waals surface area contributed by atoms with Gasteiger partial charge in [0.25, 0.3) is 0 Å². The van der Waals surface area contributed by atoms with E-state index in [0.29, 0.717) is 27.3 Å². The first-order valence-corrected chi connectivity index (χ1v) is 10.1. The van der Waals surface area contributed by atoms with E-state index in [1.54, 1.807) is 30.5 Å². The smallest absolute Gasteiger partial charge is 0.268 e. The van der Waals surface area contributed by atoms with Crippen LogP contribution >= 0.6 is 11.3 Å². The molecule has 3 heterocycles. The van der Waals surface area contributed by atoms with Crippen LogP contribution in [-0.4, -0.2) is 25.0 Å². The van der Waals surface area contributed by atoms with Gasteiger partial charge in [0, 0.05) is 18.0 Å². The molecule has 5 nitrogen and oxygen atoms in total. The maximum Gasteiger partial charge on any atom is 0.416 e. The molecule has 3 aromatic heterocycles. The fraction of sp³-hybridized carbons (Fsp3) is 0.143. The van der Waals surface area contributed by atoms with Gasteiger partial charge in [-0.3, -0.25) is 9.67 Å². The number of rotatable bonds is 5. The lowest BCUT2D eigenvalue weighted by Gasteiger charge is -2.16. The van der Waals surface area contributed by atoms with Gasteiger partial charge in [-0.1, -0.05) is 23.5 Å². The van der Waals surface area contributed by atoms with Gasteiger partial charge in [-0.05, 0) is 42.0 Å². The largest absolute Gasteiger partial charge is 0.416 e. The third kappa shape index (κ3) is 5.45. The van der Waals surface area contributed by atoms with Gasteiger partial charge in [-0.25, -0.2) is 0 Å². The first kappa shape index (κ1) is 22.6. The molecule has 4 rings (SSSR count). The molecule has 0 spiro atoms. The van der Waals surface area contributed by atoms with Crippen LogP contribution in [0.4, 0.5) is 26.3 Å². The maximum absolute atomic E-state index is 13.3. The zero-order valence-electron chi connectivity index (χ0n) is 16.5. The Labute approximate surface area is 187 Å². The van der Waals surface area contributed by atoms with Crippen molar-refractivity contribution in [2.24, 2.45) is 0 Å². The Morgan fingerprint density at radius 3 is 2.45 bits per heavy atom. The van der Waals surface area contributed by atoms with Crippen LogP contribution in [-0.2, 0) is 18.9 Å². The molecule has 0 amide bonds. The van der Waals surface area contributed by atoms with Crippen molar-refractivity contribution in [2.75, 3.05) is 0 Å². The lowest BCUT2D eigenvalue weighted by molar-refractivity contribution is -0.143. The molecule has 1 aromatic carbocycles. The van der Waals surface area contributed by atoms with Crippen LogP contribution in [0.5, 0.6) is 0 Å². The lowest BCUT2D eigenvalue weighted by Crippen LogP contribution is -2.15. The molecule has 170 valence electrons. The first-order valence-electron chi connectivity index (χ1n) is 9.32. The Kier molecular flexibility index (Phi) is 6.02. The van der Waals surface area contributed by atoms with E-state index in [1.165, 1.54) is 28.4 Å². The van der Waals surface area contributed by atoms with Crippen molar-refractivity contribution in [1.82, 2.24) is 25.0 Å². The highest BCUT2D eigenvalue weighted by Crippen LogP contribution is 2.37. The predicted octanol–water partition coefficient (Wildman–Crippen LogP) is 6.05. The second kappa shape index (κ2) is 8.77. The molecule has 0 N–H and O–H groups in total. The third-order valence-corrected chi connectivity index (χ3v) is 5.38. The molecule has 12 heteroatoms. The van der Waals surface area contributed by atoms with E-state index >= 15 is 0 Å². The third-order valence-electron chi connectivity index (χ3n) is 4.47. The highest BCUT2D eigenvalue weighted by Gasteiger charge is 2.38. The topological polar surface area (TPSA) is 56.5 Å². The van der Waals surface area contributed by atoms with Gasteiger partial charge in [0.1, 0.15) is 10.7 Å². The minimum absolute atomic E-state index is 0.119. The summed E-state index contributed by atoms with van der Waals surface area (Å²) in [5, 5.41) is 13.3. The zero-order chi connectivity index (χ0) is 23.6. The fourth-order valence-electron chi connectivity index (χ4n) is 2.94. The number of hydrogen-bond acceptors (Lipinski definition) is 5. The van der Waals surface area contributed by atoms with E-state index in [4.69, 9.17) is 0 Å². The Morgan fingerprint density at radius 2 is 1.76 bits per heavy atom. The van der Waals surface area contributed by atoms with E-state index in [1.807, 2.05) is 6.07 Å². The average molecular weight is 481 g/mol. The van der Waals surface area contributed by atoms with Crippen molar-refractivity contribution in [3.05, 3.63) is 82.3 Å². The van der Waals surface area contributed by atoms with Crippen molar-refractivity contribution in [2.45, 2.75) is 18.9 Å². The molecule has 0 aliphatic heterocycles. The fourth-order valence-corrected chi connectivity index (χ4v) is 3.67. The molecule has 0 saturated carbocycles. The van der Waals surface area contributed by atoms with Gasteiger partial charge in [0.15, 0.2) is 5.01 Å². The highest BCUT2D eigenvalue weighted by atomic mass is 32.1. The molecule has 33 heavy (non-hydrogen) atoms. The summed E-state index contributed by atoms with van der Waals surface area (Å²) in [5.41, 5.74) is -1.77. The SMILES string of the molecule is FC(F)(F)c1ccc(Cn2cc(/C=C\c3nnc(-c4ccccn4)s3)cn2)c(C(F)(F)F)c1. The molecule has 0 saturated heterocycles. The van der Waals surface area contributed by atoms with Crippen molar-refractivity contribution < 1.29 is 26.3 Å². The number of benzene rings is 1. The molecule has 0 fully saturated rings. The molecular formula is C21H13F6N5S. The summed E-state index contributed by atoms with van der Waals surface area (Å²) in [6, 6.07) is 6.98. The molecule has 0 unspecified atom stereocenters. The summed E-state index contributed by atoms with van der Waals surface area (Å²) in [6.07, 6.45) is -1.93. The van der Waals surface area contributed by atoms with Crippen LogP contribution in [0.1, 0.15) is 27.3 Å². The second-order valence-electron chi connectivity index (χ2n) is 6.83. The van der Waals surface area contributed by atoms with Crippen LogP contribution in [0, 0.1) is 0 Å². The summed E-state index contributed by atoms with van der Waals surface area (Å²) in [7, 11) is 0. The Hall–Kier alpha value is -3.54. The standard InChI is InChI=1S/C21H13F6N5S/c22-20(23,24)15-6-5-14(16(9-15)21(25,26)27)12-32-11-13(10-29-32)4-7-18-30-31-19(33-18)17-3-1-2-8-28-17/h1-11H,12H2/b7-4-. The maximum atomic E-state index is 13.3. The van der Waals surface area contributed by atoms with E-state index in [9.17, 15) is 26.3 Å². The van der Waals surface area contributed by atoms with Crippen LogP contribution in [0.2, 0.25) is 0 Å². The molecule has 4 aromatic rings. The molecule has 0 aliphatic rings. The van der Waals surface area contributed by atoms with Gasteiger partial charge in [-0.2, -0.15) is 31.4 Å². The van der Waals surface area contributed by atoms with Crippen molar-refractivity contribution in [3.8, 4) is 10.7 Å². The monoisotopic (exact) mass is 481 g/mol. The summed E-state index contributed by atoms with van der Waals surface area (Å²) in [5.74, 6) is 0. The van der Waals surface area contributed by atoms with Gasteiger partial charge >= 0.3 is 12.4 Å². The summed E-state index contributed by atoms with van der Waals surface area (Å²) in [6.45, 7) is -0.344.